The molecule has 0 radical (unpaired) electrons. The van der Waals surface area contributed by atoms with Crippen LogP contribution in [0.4, 0.5) is 34.1 Å². The summed E-state index contributed by atoms with van der Waals surface area (Å²) < 4.78 is 2.41. The maximum absolute atomic E-state index is 2.51. The molecule has 0 spiro atoms. The van der Waals surface area contributed by atoms with Crippen LogP contribution in [0.1, 0.15) is 0 Å². The molecule has 0 saturated heterocycles. The molecular formula is C48H32BN3. The molecular weight excluding hydrogens is 629 g/mol. The van der Waals surface area contributed by atoms with Gasteiger partial charge in [0, 0.05) is 56.1 Å². The summed E-state index contributed by atoms with van der Waals surface area (Å²) in [5, 5.41) is 2.52. The summed E-state index contributed by atoms with van der Waals surface area (Å²) >= 11 is 0. The molecule has 0 bridgehead atoms. The van der Waals surface area contributed by atoms with Gasteiger partial charge in [-0.3, -0.25) is 0 Å². The van der Waals surface area contributed by atoms with Crippen molar-refractivity contribution >= 4 is 79.0 Å². The zero-order valence-corrected chi connectivity index (χ0v) is 28.4. The molecule has 0 saturated carbocycles. The molecule has 0 amide bonds. The molecule has 2 aliphatic rings. The van der Waals surface area contributed by atoms with Gasteiger partial charge in [-0.2, -0.15) is 0 Å². The molecule has 0 unspecified atom stereocenters. The Bertz CT molecular complexity index is 2810. The van der Waals surface area contributed by atoms with Gasteiger partial charge in [0.25, 0.3) is 6.71 Å². The van der Waals surface area contributed by atoms with E-state index in [-0.39, 0.29) is 6.71 Å². The number of hydrogen-bond donors (Lipinski definition) is 0. The fraction of sp³-hybridized carbons (Fsp3) is 0. The lowest BCUT2D eigenvalue weighted by atomic mass is 9.33. The number of para-hydroxylation sites is 6. The van der Waals surface area contributed by atoms with Crippen LogP contribution in [0.15, 0.2) is 194 Å². The number of benzene rings is 8. The van der Waals surface area contributed by atoms with E-state index in [0.717, 1.165) is 17.1 Å². The lowest BCUT2D eigenvalue weighted by Crippen LogP contribution is -2.61. The van der Waals surface area contributed by atoms with Gasteiger partial charge in [0.2, 0.25) is 0 Å². The molecule has 3 nitrogen and oxygen atoms in total. The van der Waals surface area contributed by atoms with E-state index in [9.17, 15) is 0 Å². The Morgan fingerprint density at radius 1 is 0.365 bits per heavy atom. The maximum atomic E-state index is 2.51. The molecule has 11 rings (SSSR count). The number of fused-ring (bicyclic) bond motifs is 7. The summed E-state index contributed by atoms with van der Waals surface area (Å²) in [4.78, 5) is 4.95. The van der Waals surface area contributed by atoms with Crippen molar-refractivity contribution in [3.63, 3.8) is 0 Å². The van der Waals surface area contributed by atoms with Gasteiger partial charge < -0.3 is 14.4 Å². The van der Waals surface area contributed by atoms with Gasteiger partial charge >= 0.3 is 0 Å². The van der Waals surface area contributed by atoms with Gasteiger partial charge in [0.1, 0.15) is 0 Å². The van der Waals surface area contributed by atoms with E-state index in [1.54, 1.807) is 0 Å². The summed E-state index contributed by atoms with van der Waals surface area (Å²) in [6.45, 7) is 0.0665. The Hall–Kier alpha value is -6.78. The molecule has 52 heavy (non-hydrogen) atoms. The molecule has 2 aliphatic heterocycles. The Morgan fingerprint density at radius 2 is 0.923 bits per heavy atom. The molecule has 0 fully saturated rings. The second-order valence-corrected chi connectivity index (χ2v) is 13.7. The number of aromatic nitrogens is 1. The summed E-state index contributed by atoms with van der Waals surface area (Å²) in [6.07, 6.45) is 0. The molecule has 0 N–H and O–H groups in total. The third-order valence-corrected chi connectivity index (χ3v) is 10.9. The van der Waals surface area contributed by atoms with E-state index in [1.165, 1.54) is 72.1 Å². The highest BCUT2D eigenvalue weighted by Gasteiger charge is 2.43. The topological polar surface area (TPSA) is 11.4 Å². The van der Waals surface area contributed by atoms with Crippen LogP contribution < -0.4 is 26.2 Å². The lowest BCUT2D eigenvalue weighted by molar-refractivity contribution is 1.18. The smallest absolute Gasteiger partial charge is 0.252 e. The SMILES string of the molecule is c1ccc(N2c3ccccc3B3c4cccc(-c5ccc6c7ccccc7n(-c7ccccc7)c6c5)c4N(c4ccccc4)c4cccc2c43)cc1. The zero-order chi connectivity index (χ0) is 34.2. The van der Waals surface area contributed by atoms with Crippen LogP contribution in [0.5, 0.6) is 0 Å². The molecule has 4 heteroatoms. The first kappa shape index (κ1) is 29.0. The second-order valence-electron chi connectivity index (χ2n) is 13.7. The first-order valence-electron chi connectivity index (χ1n) is 18.0. The molecule has 242 valence electrons. The molecule has 0 atom stereocenters. The third-order valence-electron chi connectivity index (χ3n) is 10.9. The summed E-state index contributed by atoms with van der Waals surface area (Å²) in [5.74, 6) is 0. The highest BCUT2D eigenvalue weighted by atomic mass is 15.2. The predicted molar refractivity (Wildman–Crippen MR) is 220 cm³/mol. The van der Waals surface area contributed by atoms with Gasteiger partial charge in [-0.1, -0.05) is 127 Å². The van der Waals surface area contributed by atoms with Gasteiger partial charge in [0.05, 0.1) is 11.0 Å². The standard InChI is InChI=1S/C48H32BN3/c1-4-16-34(17-5-1)50-42-26-12-10-22-38(42)39-31-30-33(32-46(39)50)37-23-14-25-41-48(37)52(36-20-8-3-9-21-36)45-29-15-28-44-47(45)49(41)40-24-11-13-27-43(40)51(44)35-18-6-2-7-19-35/h1-32H. The van der Waals surface area contributed by atoms with Crippen molar-refractivity contribution in [3.05, 3.63) is 194 Å². The first-order valence-corrected chi connectivity index (χ1v) is 18.0. The van der Waals surface area contributed by atoms with Crippen LogP contribution >= 0.6 is 0 Å². The van der Waals surface area contributed by atoms with Crippen molar-refractivity contribution in [1.29, 1.82) is 0 Å². The third kappa shape index (κ3) is 4.15. The van der Waals surface area contributed by atoms with E-state index in [2.05, 4.69) is 208 Å². The van der Waals surface area contributed by atoms with Crippen molar-refractivity contribution in [2.24, 2.45) is 0 Å². The summed E-state index contributed by atoms with van der Waals surface area (Å²) in [6, 6.07) is 70.9. The van der Waals surface area contributed by atoms with E-state index in [0.29, 0.717) is 0 Å². The van der Waals surface area contributed by atoms with E-state index in [4.69, 9.17) is 0 Å². The molecule has 9 aromatic rings. The average Bonchev–Trinajstić information content (AvgIpc) is 3.55. The number of anilines is 6. The summed E-state index contributed by atoms with van der Waals surface area (Å²) in [7, 11) is 0. The number of rotatable bonds is 4. The van der Waals surface area contributed by atoms with Gasteiger partial charge in [-0.25, -0.2) is 0 Å². The fourth-order valence-electron chi connectivity index (χ4n) is 8.86. The quantitative estimate of drug-likeness (QED) is 0.174. The van der Waals surface area contributed by atoms with E-state index in [1.807, 2.05) is 0 Å². The Labute approximate surface area is 303 Å². The molecule has 1 aromatic heterocycles. The number of nitrogens with zero attached hydrogens (tertiary/aromatic N) is 3. The fourth-order valence-corrected chi connectivity index (χ4v) is 8.86. The lowest BCUT2D eigenvalue weighted by Gasteiger charge is -2.44. The minimum Gasteiger partial charge on any atom is -0.311 e. The van der Waals surface area contributed by atoms with Gasteiger partial charge in [-0.15, -0.1) is 0 Å². The highest BCUT2D eigenvalue weighted by molar-refractivity contribution is 7.00. The second kappa shape index (κ2) is 11.4. The largest absolute Gasteiger partial charge is 0.311 e. The Morgan fingerprint density at radius 3 is 1.69 bits per heavy atom. The van der Waals surface area contributed by atoms with Crippen LogP contribution in [-0.4, -0.2) is 11.3 Å². The molecule has 3 heterocycles. The predicted octanol–water partition coefficient (Wildman–Crippen LogP) is 10.5. The van der Waals surface area contributed by atoms with E-state index >= 15 is 0 Å². The Kier molecular flexibility index (Phi) is 6.35. The van der Waals surface area contributed by atoms with Gasteiger partial charge in [0.15, 0.2) is 0 Å². The van der Waals surface area contributed by atoms with Crippen LogP contribution in [-0.2, 0) is 0 Å². The highest BCUT2D eigenvalue weighted by Crippen LogP contribution is 2.47. The maximum Gasteiger partial charge on any atom is 0.252 e. The molecule has 8 aromatic carbocycles. The van der Waals surface area contributed by atoms with Crippen molar-refractivity contribution in [3.8, 4) is 16.8 Å². The minimum absolute atomic E-state index is 0.0665. The van der Waals surface area contributed by atoms with Crippen molar-refractivity contribution in [2.75, 3.05) is 9.80 Å². The van der Waals surface area contributed by atoms with Crippen LogP contribution in [0.2, 0.25) is 0 Å². The monoisotopic (exact) mass is 661 g/mol. The van der Waals surface area contributed by atoms with Crippen LogP contribution in [0.3, 0.4) is 0 Å². The normalized spacial score (nSPS) is 12.9. The van der Waals surface area contributed by atoms with Crippen molar-refractivity contribution < 1.29 is 0 Å². The average molecular weight is 662 g/mol. The van der Waals surface area contributed by atoms with Crippen molar-refractivity contribution in [1.82, 2.24) is 4.57 Å². The van der Waals surface area contributed by atoms with Crippen molar-refractivity contribution in [2.45, 2.75) is 0 Å². The first-order chi connectivity index (χ1) is 25.8. The summed E-state index contributed by atoms with van der Waals surface area (Å²) in [5.41, 5.74) is 17.1. The van der Waals surface area contributed by atoms with Crippen LogP contribution in [0.25, 0.3) is 38.6 Å². The zero-order valence-electron chi connectivity index (χ0n) is 28.4. The Balaban J connectivity index is 1.21. The van der Waals surface area contributed by atoms with Crippen LogP contribution in [0, 0.1) is 0 Å². The van der Waals surface area contributed by atoms with Gasteiger partial charge in [-0.05, 0) is 88.7 Å². The minimum atomic E-state index is 0.0665. The number of hydrogen-bond acceptors (Lipinski definition) is 2. The molecule has 0 aliphatic carbocycles. The van der Waals surface area contributed by atoms with E-state index < -0.39 is 0 Å².